The van der Waals surface area contributed by atoms with Gasteiger partial charge in [0.1, 0.15) is 13.2 Å². The van der Waals surface area contributed by atoms with Gasteiger partial charge < -0.3 is 14.2 Å². The summed E-state index contributed by atoms with van der Waals surface area (Å²) < 4.78 is 16.7. The van der Waals surface area contributed by atoms with Gasteiger partial charge in [0.15, 0.2) is 6.10 Å². The van der Waals surface area contributed by atoms with Crippen LogP contribution in [0.3, 0.4) is 0 Å². The van der Waals surface area contributed by atoms with E-state index in [0.717, 1.165) is 103 Å². The minimum absolute atomic E-state index is 0.130. The first-order chi connectivity index (χ1) is 34.0. The number of rotatable bonds is 48. The number of allylic oxidation sites excluding steroid dienone is 22. The third-order valence-corrected chi connectivity index (χ3v) is 11.1. The van der Waals surface area contributed by atoms with Crippen LogP contribution in [0.25, 0.3) is 0 Å². The number of unbranched alkanes of at least 4 members (excludes halogenated alkanes) is 15. The summed E-state index contributed by atoms with van der Waals surface area (Å²) in [5, 5.41) is 0. The van der Waals surface area contributed by atoms with Crippen molar-refractivity contribution in [2.24, 2.45) is 0 Å². The Labute approximate surface area is 424 Å². The Hall–Kier alpha value is -4.45. The summed E-state index contributed by atoms with van der Waals surface area (Å²) in [5.41, 5.74) is 0. The molecule has 0 aliphatic carbocycles. The van der Waals surface area contributed by atoms with Crippen LogP contribution in [-0.2, 0) is 28.6 Å². The highest BCUT2D eigenvalue weighted by Crippen LogP contribution is 2.13. The van der Waals surface area contributed by atoms with E-state index in [4.69, 9.17) is 14.2 Å². The van der Waals surface area contributed by atoms with E-state index in [-0.39, 0.29) is 50.4 Å². The van der Waals surface area contributed by atoms with Gasteiger partial charge in [0.2, 0.25) is 0 Å². The van der Waals surface area contributed by atoms with E-state index in [1.54, 1.807) is 0 Å². The lowest BCUT2D eigenvalue weighted by Crippen LogP contribution is -2.30. The van der Waals surface area contributed by atoms with Crippen molar-refractivity contribution in [3.8, 4) is 0 Å². The second kappa shape index (κ2) is 56.1. The minimum atomic E-state index is -0.835. The fraction of sp³-hybridized carbons (Fsp3) is 0.603. The van der Waals surface area contributed by atoms with E-state index < -0.39 is 6.10 Å². The van der Waals surface area contributed by atoms with Crippen molar-refractivity contribution in [1.82, 2.24) is 0 Å². The van der Waals surface area contributed by atoms with Crippen molar-refractivity contribution < 1.29 is 28.6 Å². The number of carbonyl (C=O) groups excluding carboxylic acids is 3. The molecule has 0 unspecified atom stereocenters. The highest BCUT2D eigenvalue weighted by molar-refractivity contribution is 5.71. The fourth-order valence-electron chi connectivity index (χ4n) is 6.97. The van der Waals surface area contributed by atoms with Gasteiger partial charge in [-0.05, 0) is 128 Å². The zero-order valence-corrected chi connectivity index (χ0v) is 44.3. The molecule has 0 aromatic carbocycles. The molecule has 0 N–H and O–H groups in total. The third kappa shape index (κ3) is 54.4. The zero-order chi connectivity index (χ0) is 50.0. The molecule has 0 aliphatic rings. The standard InChI is InChI=1S/C63H100O6/c1-4-7-10-13-16-19-22-25-28-30-31-33-35-38-41-44-47-50-53-56-62(65)68-59-60(58-67-61(64)55-52-49-46-43-40-37-34-27-24-21-18-15-12-9-6-3)69-63(66)57-54-51-48-45-42-39-36-32-29-26-23-20-17-14-11-8-5-2/h9,12,16-21,25-29,31,33-34,38,40-41,43,47,50,60H,4-8,10-11,13-15,22-24,30,32,35-37,39,42,44-46,48-49,51-59H2,1-3H3/b12-9-,19-16-,20-17-,21-18-,28-25-,29-26-,33-31-,34-27-,41-38-,43-40-,50-47-/t60-/m1/s1. The summed E-state index contributed by atoms with van der Waals surface area (Å²) >= 11 is 0. The van der Waals surface area contributed by atoms with Crippen LogP contribution in [-0.4, -0.2) is 37.2 Å². The second-order valence-electron chi connectivity index (χ2n) is 17.7. The van der Waals surface area contributed by atoms with E-state index in [0.29, 0.717) is 12.8 Å². The van der Waals surface area contributed by atoms with E-state index in [1.807, 2.05) is 12.2 Å². The van der Waals surface area contributed by atoms with Gasteiger partial charge in [-0.25, -0.2) is 0 Å². The van der Waals surface area contributed by atoms with Crippen molar-refractivity contribution >= 4 is 17.9 Å². The minimum Gasteiger partial charge on any atom is -0.462 e. The van der Waals surface area contributed by atoms with Crippen LogP contribution in [0.1, 0.15) is 226 Å². The van der Waals surface area contributed by atoms with Crippen LogP contribution < -0.4 is 0 Å². The Morgan fingerprint density at radius 1 is 0.304 bits per heavy atom. The lowest BCUT2D eigenvalue weighted by atomic mass is 10.1. The molecule has 388 valence electrons. The average Bonchev–Trinajstić information content (AvgIpc) is 3.35. The van der Waals surface area contributed by atoms with Gasteiger partial charge in [-0.1, -0.05) is 212 Å². The van der Waals surface area contributed by atoms with Crippen molar-refractivity contribution in [2.75, 3.05) is 13.2 Å². The number of esters is 3. The first-order valence-electron chi connectivity index (χ1n) is 27.7. The molecule has 0 saturated heterocycles. The molecule has 0 fully saturated rings. The predicted octanol–water partition coefficient (Wildman–Crippen LogP) is 18.6. The molecule has 0 amide bonds. The lowest BCUT2D eigenvalue weighted by molar-refractivity contribution is -0.166. The number of hydrogen-bond donors (Lipinski definition) is 0. The van der Waals surface area contributed by atoms with Gasteiger partial charge in [0.25, 0.3) is 0 Å². The molecule has 0 saturated carbocycles. The maximum Gasteiger partial charge on any atom is 0.306 e. The maximum atomic E-state index is 12.8. The summed E-state index contributed by atoms with van der Waals surface area (Å²) in [6.45, 7) is 6.35. The number of ether oxygens (including phenoxy) is 3. The van der Waals surface area contributed by atoms with Crippen LogP contribution in [0.15, 0.2) is 134 Å². The topological polar surface area (TPSA) is 78.9 Å². The van der Waals surface area contributed by atoms with Crippen molar-refractivity contribution in [2.45, 2.75) is 232 Å². The lowest BCUT2D eigenvalue weighted by Gasteiger charge is -2.18. The van der Waals surface area contributed by atoms with E-state index >= 15 is 0 Å². The fourth-order valence-corrected chi connectivity index (χ4v) is 6.97. The molecular weight excluding hydrogens is 853 g/mol. The van der Waals surface area contributed by atoms with Gasteiger partial charge in [0.05, 0.1) is 0 Å². The second-order valence-corrected chi connectivity index (χ2v) is 17.7. The monoisotopic (exact) mass is 953 g/mol. The van der Waals surface area contributed by atoms with E-state index in [9.17, 15) is 14.4 Å². The number of hydrogen-bond acceptors (Lipinski definition) is 6. The summed E-state index contributed by atoms with van der Waals surface area (Å²) in [5.74, 6) is -1.07. The SMILES string of the molecule is CC/C=C\C/C=C\C/C=C\C/C=C\CCCCC(=O)OC[C@H](COC(=O)CC/C=C\C/C=C\C/C=C\C/C=C\C/C=C\CCCCC)OC(=O)CCCCCCCCC/C=C\C/C=C\CCCCC. The Morgan fingerprint density at radius 3 is 1.00 bits per heavy atom. The van der Waals surface area contributed by atoms with Gasteiger partial charge >= 0.3 is 17.9 Å². The molecule has 69 heavy (non-hydrogen) atoms. The van der Waals surface area contributed by atoms with Gasteiger partial charge in [-0.15, -0.1) is 0 Å². The van der Waals surface area contributed by atoms with Crippen molar-refractivity contribution in [3.05, 3.63) is 134 Å². The van der Waals surface area contributed by atoms with Crippen molar-refractivity contribution in [3.63, 3.8) is 0 Å². The van der Waals surface area contributed by atoms with Crippen LogP contribution >= 0.6 is 0 Å². The van der Waals surface area contributed by atoms with E-state index in [1.165, 1.54) is 70.6 Å². The first-order valence-corrected chi connectivity index (χ1v) is 27.7. The van der Waals surface area contributed by atoms with Crippen molar-refractivity contribution in [1.29, 1.82) is 0 Å². The molecule has 0 heterocycles. The Bertz CT molecular complexity index is 1510. The molecule has 0 rings (SSSR count). The third-order valence-electron chi connectivity index (χ3n) is 11.1. The van der Waals surface area contributed by atoms with Gasteiger partial charge in [-0.3, -0.25) is 14.4 Å². The molecule has 0 spiro atoms. The Balaban J connectivity index is 4.59. The molecular formula is C63H100O6. The Morgan fingerprint density at radius 2 is 0.594 bits per heavy atom. The quantitative estimate of drug-likeness (QED) is 0.0262. The average molecular weight is 953 g/mol. The molecule has 6 heteroatoms. The maximum absolute atomic E-state index is 12.8. The highest BCUT2D eigenvalue weighted by atomic mass is 16.6. The Kier molecular flexibility index (Phi) is 52.5. The van der Waals surface area contributed by atoms with Crippen LogP contribution in [0.5, 0.6) is 0 Å². The van der Waals surface area contributed by atoms with Crippen LogP contribution in [0, 0.1) is 0 Å². The normalized spacial score (nSPS) is 13.1. The molecule has 0 aliphatic heterocycles. The van der Waals surface area contributed by atoms with E-state index in [2.05, 4.69) is 142 Å². The highest BCUT2D eigenvalue weighted by Gasteiger charge is 2.19. The molecule has 0 bridgehead atoms. The predicted molar refractivity (Wildman–Crippen MR) is 297 cm³/mol. The molecule has 6 nitrogen and oxygen atoms in total. The zero-order valence-electron chi connectivity index (χ0n) is 44.3. The van der Waals surface area contributed by atoms with Gasteiger partial charge in [0, 0.05) is 19.3 Å². The summed E-state index contributed by atoms with van der Waals surface area (Å²) in [6, 6.07) is 0. The van der Waals surface area contributed by atoms with Gasteiger partial charge in [-0.2, -0.15) is 0 Å². The number of carbonyl (C=O) groups is 3. The molecule has 0 aromatic heterocycles. The molecule has 0 radical (unpaired) electrons. The summed E-state index contributed by atoms with van der Waals surface area (Å²) in [6.07, 6.45) is 78.8. The first kappa shape index (κ1) is 64.5. The van der Waals surface area contributed by atoms with Crippen LogP contribution in [0.2, 0.25) is 0 Å². The largest absolute Gasteiger partial charge is 0.462 e. The molecule has 0 aromatic rings. The smallest absolute Gasteiger partial charge is 0.306 e. The summed E-state index contributed by atoms with van der Waals surface area (Å²) in [7, 11) is 0. The van der Waals surface area contributed by atoms with Crippen LogP contribution in [0.4, 0.5) is 0 Å². The summed E-state index contributed by atoms with van der Waals surface area (Å²) in [4.78, 5) is 38.1. The molecule has 1 atom stereocenters.